The average molecular weight is 394 g/mol. The summed E-state index contributed by atoms with van der Waals surface area (Å²) in [5, 5.41) is 4.09. The Bertz CT molecular complexity index is 1000. The van der Waals surface area contributed by atoms with Gasteiger partial charge in [-0.1, -0.05) is 35.9 Å². The van der Waals surface area contributed by atoms with Gasteiger partial charge in [0, 0.05) is 60.8 Å². The summed E-state index contributed by atoms with van der Waals surface area (Å²) >= 11 is 6.09. The fourth-order valence-corrected chi connectivity index (χ4v) is 4.11. The monoisotopic (exact) mass is 393 g/mol. The van der Waals surface area contributed by atoms with Crippen LogP contribution in [0.1, 0.15) is 16.1 Å². The number of hydrogen-bond donors (Lipinski definition) is 1. The van der Waals surface area contributed by atoms with Crippen LogP contribution in [-0.2, 0) is 7.05 Å². The maximum atomic E-state index is 12.0. The number of carbonyl (C=O) groups is 1. The largest absolute Gasteiger partial charge is 0.369 e. The molecule has 0 unspecified atom stereocenters. The topological polar surface area (TPSA) is 37.3 Å². The molecule has 2 aromatic carbocycles. The standard InChI is InChI=1S/C23H24ClN3O/c1-16-21(15-28)22(23(26(16)2)17-6-8-19(24)9-7-17)18-4-3-5-20(14-18)27-12-10-25-11-13-27/h3-9,14-15,25H,10-13H2,1-2H3. The molecule has 144 valence electrons. The van der Waals surface area contributed by atoms with Gasteiger partial charge in [-0.05, 0) is 42.3 Å². The number of carbonyl (C=O) groups excluding carboxylic acids is 1. The second-order valence-electron chi connectivity index (χ2n) is 7.19. The van der Waals surface area contributed by atoms with Gasteiger partial charge >= 0.3 is 0 Å². The van der Waals surface area contributed by atoms with E-state index in [4.69, 9.17) is 11.6 Å². The molecule has 0 radical (unpaired) electrons. The minimum atomic E-state index is 0.701. The highest BCUT2D eigenvalue weighted by molar-refractivity contribution is 6.30. The number of nitrogens with zero attached hydrogens (tertiary/aromatic N) is 2. The van der Waals surface area contributed by atoms with Crippen LogP contribution in [0.3, 0.4) is 0 Å². The fraction of sp³-hybridized carbons (Fsp3) is 0.261. The lowest BCUT2D eigenvalue weighted by Crippen LogP contribution is -2.43. The van der Waals surface area contributed by atoms with Gasteiger partial charge in [0.15, 0.2) is 6.29 Å². The van der Waals surface area contributed by atoms with E-state index in [0.29, 0.717) is 5.02 Å². The van der Waals surface area contributed by atoms with E-state index in [1.165, 1.54) is 5.69 Å². The van der Waals surface area contributed by atoms with E-state index in [0.717, 1.165) is 66.1 Å². The molecule has 1 N–H and O–H groups in total. The molecule has 0 spiro atoms. The number of hydrogen-bond acceptors (Lipinski definition) is 3. The van der Waals surface area contributed by atoms with Gasteiger partial charge in [0.05, 0.1) is 5.69 Å². The molecular formula is C23H24ClN3O. The van der Waals surface area contributed by atoms with Crippen molar-refractivity contribution in [2.24, 2.45) is 7.05 Å². The summed E-state index contributed by atoms with van der Waals surface area (Å²) in [4.78, 5) is 14.4. The molecule has 1 aliphatic rings. The lowest BCUT2D eigenvalue weighted by atomic mass is 9.97. The van der Waals surface area contributed by atoms with Crippen molar-refractivity contribution >= 4 is 23.6 Å². The van der Waals surface area contributed by atoms with Gasteiger partial charge in [0.2, 0.25) is 0 Å². The zero-order chi connectivity index (χ0) is 19.7. The first-order chi connectivity index (χ1) is 13.6. The Kier molecular flexibility index (Phi) is 5.25. The third-order valence-corrected chi connectivity index (χ3v) is 5.84. The Labute approximate surface area is 170 Å². The molecule has 1 saturated heterocycles. The van der Waals surface area contributed by atoms with Gasteiger partial charge in [0.25, 0.3) is 0 Å². The molecule has 0 atom stereocenters. The third-order valence-electron chi connectivity index (χ3n) is 5.59. The fourth-order valence-electron chi connectivity index (χ4n) is 3.99. The molecule has 0 amide bonds. The highest BCUT2D eigenvalue weighted by Crippen LogP contribution is 2.39. The molecule has 0 saturated carbocycles. The number of aldehydes is 1. The summed E-state index contributed by atoms with van der Waals surface area (Å²) in [5.41, 5.74) is 7.02. The van der Waals surface area contributed by atoms with Gasteiger partial charge in [-0.2, -0.15) is 0 Å². The zero-order valence-electron chi connectivity index (χ0n) is 16.2. The van der Waals surface area contributed by atoms with Crippen LogP contribution in [0.15, 0.2) is 48.5 Å². The molecule has 5 heteroatoms. The van der Waals surface area contributed by atoms with Crippen LogP contribution in [0.5, 0.6) is 0 Å². The molecular weight excluding hydrogens is 370 g/mol. The van der Waals surface area contributed by atoms with Crippen LogP contribution in [0.2, 0.25) is 5.02 Å². The van der Waals surface area contributed by atoms with E-state index in [1.54, 1.807) is 0 Å². The Balaban J connectivity index is 1.88. The van der Waals surface area contributed by atoms with Gasteiger partial charge < -0.3 is 14.8 Å². The van der Waals surface area contributed by atoms with Gasteiger partial charge in [0.1, 0.15) is 0 Å². The van der Waals surface area contributed by atoms with Gasteiger partial charge in [-0.15, -0.1) is 0 Å². The normalized spacial score (nSPS) is 14.3. The van der Waals surface area contributed by atoms with Crippen LogP contribution in [0, 0.1) is 6.92 Å². The summed E-state index contributed by atoms with van der Waals surface area (Å²) in [6.45, 7) is 5.95. The highest BCUT2D eigenvalue weighted by Gasteiger charge is 2.22. The average Bonchev–Trinajstić information content (AvgIpc) is 3.00. The van der Waals surface area contributed by atoms with Gasteiger partial charge in [-0.25, -0.2) is 0 Å². The maximum absolute atomic E-state index is 12.0. The molecule has 4 rings (SSSR count). The van der Waals surface area contributed by atoms with Crippen molar-refractivity contribution in [3.8, 4) is 22.4 Å². The first-order valence-corrected chi connectivity index (χ1v) is 9.94. The second-order valence-corrected chi connectivity index (χ2v) is 7.63. The van der Waals surface area contributed by atoms with E-state index in [2.05, 4.69) is 39.0 Å². The van der Waals surface area contributed by atoms with Crippen molar-refractivity contribution < 1.29 is 4.79 Å². The summed E-state index contributed by atoms with van der Waals surface area (Å²) in [6, 6.07) is 16.3. The Hall–Kier alpha value is -2.56. The minimum absolute atomic E-state index is 0.701. The summed E-state index contributed by atoms with van der Waals surface area (Å²) in [7, 11) is 2.01. The van der Waals surface area contributed by atoms with E-state index in [9.17, 15) is 4.79 Å². The van der Waals surface area contributed by atoms with Crippen molar-refractivity contribution in [2.45, 2.75) is 6.92 Å². The lowest BCUT2D eigenvalue weighted by molar-refractivity contribution is 0.112. The van der Waals surface area contributed by atoms with Gasteiger partial charge in [-0.3, -0.25) is 4.79 Å². The SMILES string of the molecule is Cc1c(C=O)c(-c2cccc(N3CCNCC3)c2)c(-c2ccc(Cl)cc2)n1C. The quantitative estimate of drug-likeness (QED) is 0.661. The minimum Gasteiger partial charge on any atom is -0.369 e. The van der Waals surface area contributed by atoms with Crippen molar-refractivity contribution in [3.05, 3.63) is 64.8 Å². The highest BCUT2D eigenvalue weighted by atomic mass is 35.5. The first-order valence-electron chi connectivity index (χ1n) is 9.56. The predicted octanol–water partition coefficient (Wildman–Crippen LogP) is 4.54. The summed E-state index contributed by atoms with van der Waals surface area (Å²) < 4.78 is 2.10. The molecule has 1 aromatic heterocycles. The lowest BCUT2D eigenvalue weighted by Gasteiger charge is -2.29. The molecule has 0 aliphatic carbocycles. The van der Waals surface area contributed by atoms with Crippen molar-refractivity contribution in [3.63, 3.8) is 0 Å². The molecule has 4 nitrogen and oxygen atoms in total. The van der Waals surface area contributed by atoms with Crippen molar-refractivity contribution in [1.29, 1.82) is 0 Å². The molecule has 0 bridgehead atoms. The molecule has 1 fully saturated rings. The number of benzene rings is 2. The Morgan fingerprint density at radius 2 is 1.75 bits per heavy atom. The maximum Gasteiger partial charge on any atom is 0.152 e. The van der Waals surface area contributed by atoms with Crippen LogP contribution in [0.25, 0.3) is 22.4 Å². The number of piperazine rings is 1. The first kappa shape index (κ1) is 18.8. The molecule has 2 heterocycles. The number of anilines is 1. The smallest absolute Gasteiger partial charge is 0.152 e. The third kappa shape index (κ3) is 3.34. The summed E-state index contributed by atoms with van der Waals surface area (Å²) in [5.74, 6) is 0. The number of aromatic nitrogens is 1. The number of halogens is 1. The second kappa shape index (κ2) is 7.82. The number of rotatable bonds is 4. The predicted molar refractivity (Wildman–Crippen MR) is 117 cm³/mol. The van der Waals surface area contributed by atoms with Crippen LogP contribution < -0.4 is 10.2 Å². The Morgan fingerprint density at radius 1 is 1.04 bits per heavy atom. The van der Waals surface area contributed by atoms with Crippen LogP contribution in [0.4, 0.5) is 5.69 Å². The molecule has 1 aliphatic heterocycles. The van der Waals surface area contributed by atoms with E-state index in [1.807, 2.05) is 38.2 Å². The molecule has 3 aromatic rings. The van der Waals surface area contributed by atoms with Crippen molar-refractivity contribution in [2.75, 3.05) is 31.1 Å². The zero-order valence-corrected chi connectivity index (χ0v) is 17.0. The van der Waals surface area contributed by atoms with E-state index < -0.39 is 0 Å². The number of nitrogens with one attached hydrogen (secondary N) is 1. The van der Waals surface area contributed by atoms with Crippen molar-refractivity contribution in [1.82, 2.24) is 9.88 Å². The summed E-state index contributed by atoms with van der Waals surface area (Å²) in [6.07, 6.45) is 0.974. The Morgan fingerprint density at radius 3 is 2.43 bits per heavy atom. The van der Waals surface area contributed by atoms with E-state index >= 15 is 0 Å². The van der Waals surface area contributed by atoms with Crippen LogP contribution >= 0.6 is 11.6 Å². The molecule has 28 heavy (non-hydrogen) atoms. The van der Waals surface area contributed by atoms with E-state index in [-0.39, 0.29) is 0 Å². The van der Waals surface area contributed by atoms with Crippen LogP contribution in [-0.4, -0.2) is 37.0 Å².